The van der Waals surface area contributed by atoms with Crippen molar-refractivity contribution < 1.29 is 4.74 Å². The lowest BCUT2D eigenvalue weighted by Gasteiger charge is -2.06. The highest BCUT2D eigenvalue weighted by molar-refractivity contribution is 6.32. The first-order valence-electron chi connectivity index (χ1n) is 5.35. The number of aromatic nitrogens is 3. The Morgan fingerprint density at radius 1 is 1.24 bits per heavy atom. The summed E-state index contributed by atoms with van der Waals surface area (Å²) in [5.74, 6) is 0.726. The van der Waals surface area contributed by atoms with Gasteiger partial charge in [-0.3, -0.25) is 4.98 Å². The van der Waals surface area contributed by atoms with E-state index in [1.165, 1.54) is 6.33 Å². The molecule has 0 aliphatic heterocycles. The quantitative estimate of drug-likeness (QED) is 0.782. The third-order valence-electron chi connectivity index (χ3n) is 2.16. The zero-order chi connectivity index (χ0) is 12.1. The molecule has 0 saturated carbocycles. The smallest absolute Gasteiger partial charge is 0.140 e. The third-order valence-corrected chi connectivity index (χ3v) is 2.46. The van der Waals surface area contributed by atoms with Crippen LogP contribution in [-0.2, 0) is 0 Å². The molecule has 0 unspecified atom stereocenters. The van der Waals surface area contributed by atoms with E-state index in [1.807, 2.05) is 6.07 Å². The van der Waals surface area contributed by atoms with E-state index in [9.17, 15) is 0 Å². The average molecular weight is 250 g/mol. The molecule has 0 saturated heterocycles. The van der Waals surface area contributed by atoms with Gasteiger partial charge < -0.3 is 4.74 Å². The van der Waals surface area contributed by atoms with Crippen molar-refractivity contribution in [3.63, 3.8) is 0 Å². The van der Waals surface area contributed by atoms with Crippen LogP contribution < -0.4 is 4.74 Å². The van der Waals surface area contributed by atoms with Crippen molar-refractivity contribution >= 4 is 11.6 Å². The van der Waals surface area contributed by atoms with E-state index in [0.717, 1.165) is 23.3 Å². The van der Waals surface area contributed by atoms with Crippen LogP contribution in [0.25, 0.3) is 11.1 Å². The van der Waals surface area contributed by atoms with Crippen LogP contribution in [0.1, 0.15) is 13.3 Å². The van der Waals surface area contributed by atoms with Crippen LogP contribution in [0.15, 0.2) is 31.0 Å². The standard InChI is InChI=1S/C12H12ClN3O/c1-2-3-17-10-4-9(5-14-6-10)11-7-15-8-16-12(11)13/h4-8H,2-3H2,1H3. The highest BCUT2D eigenvalue weighted by Gasteiger charge is 2.06. The summed E-state index contributed by atoms with van der Waals surface area (Å²) < 4.78 is 5.51. The Hall–Kier alpha value is -1.68. The fourth-order valence-corrected chi connectivity index (χ4v) is 1.57. The van der Waals surface area contributed by atoms with Gasteiger partial charge in [0, 0.05) is 23.5 Å². The molecule has 0 amide bonds. The molecule has 0 spiro atoms. The molecule has 5 heteroatoms. The number of hydrogen-bond acceptors (Lipinski definition) is 4. The van der Waals surface area contributed by atoms with Crippen LogP contribution in [0.3, 0.4) is 0 Å². The lowest BCUT2D eigenvalue weighted by atomic mass is 10.1. The summed E-state index contributed by atoms with van der Waals surface area (Å²) in [5, 5.41) is 0.412. The second kappa shape index (κ2) is 5.59. The molecule has 2 aromatic rings. The van der Waals surface area contributed by atoms with E-state index in [0.29, 0.717) is 11.8 Å². The van der Waals surface area contributed by atoms with Crippen molar-refractivity contribution in [1.29, 1.82) is 0 Å². The summed E-state index contributed by atoms with van der Waals surface area (Å²) in [6.07, 6.45) is 7.42. The Morgan fingerprint density at radius 3 is 2.88 bits per heavy atom. The molecule has 0 bridgehead atoms. The van der Waals surface area contributed by atoms with E-state index in [-0.39, 0.29) is 0 Å². The summed E-state index contributed by atoms with van der Waals surface area (Å²) >= 11 is 6.00. The predicted octanol–water partition coefficient (Wildman–Crippen LogP) is 2.98. The number of ether oxygens (including phenoxy) is 1. The van der Waals surface area contributed by atoms with Crippen molar-refractivity contribution in [1.82, 2.24) is 15.0 Å². The van der Waals surface area contributed by atoms with E-state index in [2.05, 4.69) is 21.9 Å². The van der Waals surface area contributed by atoms with E-state index >= 15 is 0 Å². The van der Waals surface area contributed by atoms with Crippen LogP contribution in [-0.4, -0.2) is 21.6 Å². The van der Waals surface area contributed by atoms with E-state index in [4.69, 9.17) is 16.3 Å². The minimum Gasteiger partial charge on any atom is -0.492 e. The number of hydrogen-bond donors (Lipinski definition) is 0. The summed E-state index contributed by atoms with van der Waals surface area (Å²) in [4.78, 5) is 12.0. The second-order valence-corrected chi connectivity index (χ2v) is 3.84. The van der Waals surface area contributed by atoms with Gasteiger partial charge in [0.2, 0.25) is 0 Å². The molecular formula is C12H12ClN3O. The van der Waals surface area contributed by atoms with Crippen molar-refractivity contribution in [3.8, 4) is 16.9 Å². The largest absolute Gasteiger partial charge is 0.492 e. The molecule has 0 atom stereocenters. The fraction of sp³-hybridized carbons (Fsp3) is 0.250. The molecule has 17 heavy (non-hydrogen) atoms. The molecule has 0 aromatic carbocycles. The van der Waals surface area contributed by atoms with Gasteiger partial charge in [0.15, 0.2) is 0 Å². The maximum absolute atomic E-state index is 6.00. The summed E-state index contributed by atoms with van der Waals surface area (Å²) in [6.45, 7) is 2.73. The molecule has 2 heterocycles. The fourth-order valence-electron chi connectivity index (χ4n) is 1.37. The van der Waals surface area contributed by atoms with Gasteiger partial charge in [-0.05, 0) is 12.5 Å². The topological polar surface area (TPSA) is 47.9 Å². The van der Waals surface area contributed by atoms with E-state index in [1.54, 1.807) is 18.6 Å². The Kier molecular flexibility index (Phi) is 3.88. The van der Waals surface area contributed by atoms with Crippen LogP contribution >= 0.6 is 11.6 Å². The average Bonchev–Trinajstić information content (AvgIpc) is 2.37. The molecule has 0 N–H and O–H groups in total. The van der Waals surface area contributed by atoms with Crippen molar-refractivity contribution in [2.45, 2.75) is 13.3 Å². The second-order valence-electron chi connectivity index (χ2n) is 3.49. The minimum absolute atomic E-state index is 0.412. The molecule has 0 aliphatic rings. The zero-order valence-corrected chi connectivity index (χ0v) is 10.2. The van der Waals surface area contributed by atoms with Crippen LogP contribution in [0.5, 0.6) is 5.75 Å². The predicted molar refractivity (Wildman–Crippen MR) is 66.1 cm³/mol. The summed E-state index contributed by atoms with van der Waals surface area (Å²) in [5.41, 5.74) is 1.60. The lowest BCUT2D eigenvalue weighted by molar-refractivity contribution is 0.316. The number of rotatable bonds is 4. The first-order chi connectivity index (χ1) is 8.31. The molecule has 2 rings (SSSR count). The molecule has 88 valence electrons. The highest BCUT2D eigenvalue weighted by atomic mass is 35.5. The maximum Gasteiger partial charge on any atom is 0.140 e. The maximum atomic E-state index is 6.00. The molecule has 4 nitrogen and oxygen atoms in total. The molecular weight excluding hydrogens is 238 g/mol. The first-order valence-corrected chi connectivity index (χ1v) is 5.72. The van der Waals surface area contributed by atoms with Crippen LogP contribution in [0.4, 0.5) is 0 Å². The SMILES string of the molecule is CCCOc1cncc(-c2cncnc2Cl)c1. The van der Waals surface area contributed by atoms with Gasteiger partial charge in [0.25, 0.3) is 0 Å². The molecule has 2 aromatic heterocycles. The van der Waals surface area contributed by atoms with Gasteiger partial charge in [0.1, 0.15) is 17.2 Å². The minimum atomic E-state index is 0.412. The molecule has 0 aliphatic carbocycles. The van der Waals surface area contributed by atoms with Gasteiger partial charge in [-0.1, -0.05) is 18.5 Å². The first kappa shape index (κ1) is 11.8. The van der Waals surface area contributed by atoms with Gasteiger partial charge in [-0.2, -0.15) is 0 Å². The van der Waals surface area contributed by atoms with Gasteiger partial charge in [-0.15, -0.1) is 0 Å². The summed E-state index contributed by atoms with van der Waals surface area (Å²) in [6, 6.07) is 1.88. The lowest BCUT2D eigenvalue weighted by Crippen LogP contribution is -1.96. The Bertz CT molecular complexity index is 505. The molecule has 0 fully saturated rings. The van der Waals surface area contributed by atoms with Gasteiger partial charge in [0.05, 0.1) is 12.8 Å². The van der Waals surface area contributed by atoms with Crippen molar-refractivity contribution in [3.05, 3.63) is 36.1 Å². The molecule has 0 radical (unpaired) electrons. The Balaban J connectivity index is 2.30. The van der Waals surface area contributed by atoms with E-state index < -0.39 is 0 Å². The normalized spacial score (nSPS) is 10.2. The Morgan fingerprint density at radius 2 is 2.12 bits per heavy atom. The Labute approximate surface area is 105 Å². The van der Waals surface area contributed by atoms with Gasteiger partial charge >= 0.3 is 0 Å². The summed E-state index contributed by atoms with van der Waals surface area (Å²) in [7, 11) is 0. The van der Waals surface area contributed by atoms with Crippen molar-refractivity contribution in [2.75, 3.05) is 6.61 Å². The zero-order valence-electron chi connectivity index (χ0n) is 9.43. The third kappa shape index (κ3) is 2.91. The number of pyridine rings is 1. The van der Waals surface area contributed by atoms with Crippen LogP contribution in [0, 0.1) is 0 Å². The highest BCUT2D eigenvalue weighted by Crippen LogP contribution is 2.26. The van der Waals surface area contributed by atoms with Crippen LogP contribution in [0.2, 0.25) is 5.15 Å². The monoisotopic (exact) mass is 249 g/mol. The van der Waals surface area contributed by atoms with Crippen molar-refractivity contribution in [2.24, 2.45) is 0 Å². The number of halogens is 1. The number of nitrogens with zero attached hydrogens (tertiary/aromatic N) is 3. The van der Waals surface area contributed by atoms with Gasteiger partial charge in [-0.25, -0.2) is 9.97 Å².